The minimum Gasteiger partial charge on any atom is -0.444 e. The summed E-state index contributed by atoms with van der Waals surface area (Å²) in [6, 6.07) is 3.57. The van der Waals surface area contributed by atoms with E-state index >= 15 is 0 Å². The van der Waals surface area contributed by atoms with Crippen LogP contribution in [0.4, 0.5) is 4.79 Å². The molecule has 0 aliphatic heterocycles. The molecule has 2 rings (SSSR count). The summed E-state index contributed by atoms with van der Waals surface area (Å²) in [6.07, 6.45) is 7.64. The quantitative estimate of drug-likeness (QED) is 0.820. The van der Waals surface area contributed by atoms with E-state index in [9.17, 15) is 9.59 Å². The van der Waals surface area contributed by atoms with Crippen LogP contribution in [0.15, 0.2) is 24.5 Å². The van der Waals surface area contributed by atoms with Crippen molar-refractivity contribution in [3.8, 4) is 0 Å². The Morgan fingerprint density at radius 2 is 1.84 bits per heavy atom. The van der Waals surface area contributed by atoms with E-state index in [-0.39, 0.29) is 17.9 Å². The molecule has 2 amide bonds. The van der Waals surface area contributed by atoms with Crippen molar-refractivity contribution in [2.24, 2.45) is 5.92 Å². The Bertz CT molecular complexity index is 569. The molecular weight excluding hydrogens is 318 g/mol. The maximum Gasteiger partial charge on any atom is 0.407 e. The molecular formula is C19H29N3O3. The van der Waals surface area contributed by atoms with Crippen LogP contribution in [0.5, 0.6) is 0 Å². The summed E-state index contributed by atoms with van der Waals surface area (Å²) < 4.78 is 5.35. The predicted molar refractivity (Wildman–Crippen MR) is 95.8 cm³/mol. The van der Waals surface area contributed by atoms with Crippen molar-refractivity contribution in [2.75, 3.05) is 0 Å². The SMILES string of the molecule is CC(C)(C)OC(=O)NC1CCCCCC1C(=O)NCc1ccncc1. The van der Waals surface area contributed by atoms with Gasteiger partial charge in [-0.05, 0) is 51.3 Å². The van der Waals surface area contributed by atoms with Crippen molar-refractivity contribution in [2.45, 2.75) is 71.1 Å². The highest BCUT2D eigenvalue weighted by Crippen LogP contribution is 2.24. The van der Waals surface area contributed by atoms with Gasteiger partial charge < -0.3 is 15.4 Å². The maximum absolute atomic E-state index is 12.7. The molecule has 1 aliphatic rings. The molecule has 138 valence electrons. The van der Waals surface area contributed by atoms with E-state index in [1.165, 1.54) is 0 Å². The summed E-state index contributed by atoms with van der Waals surface area (Å²) in [5.41, 5.74) is 0.460. The smallest absolute Gasteiger partial charge is 0.407 e. The number of amides is 2. The Morgan fingerprint density at radius 1 is 1.16 bits per heavy atom. The van der Waals surface area contributed by atoms with Gasteiger partial charge in [0.15, 0.2) is 0 Å². The van der Waals surface area contributed by atoms with Gasteiger partial charge in [-0.25, -0.2) is 4.79 Å². The van der Waals surface area contributed by atoms with Gasteiger partial charge >= 0.3 is 6.09 Å². The van der Waals surface area contributed by atoms with Crippen LogP contribution >= 0.6 is 0 Å². The predicted octanol–water partition coefficient (Wildman–Crippen LogP) is 3.17. The van der Waals surface area contributed by atoms with Gasteiger partial charge in [-0.2, -0.15) is 0 Å². The van der Waals surface area contributed by atoms with Crippen LogP contribution in [-0.2, 0) is 16.1 Å². The highest BCUT2D eigenvalue weighted by Gasteiger charge is 2.31. The Hall–Kier alpha value is -2.11. The molecule has 6 heteroatoms. The average molecular weight is 347 g/mol. The topological polar surface area (TPSA) is 80.3 Å². The second-order valence-corrected chi connectivity index (χ2v) is 7.57. The van der Waals surface area contributed by atoms with Crippen molar-refractivity contribution in [1.82, 2.24) is 15.6 Å². The number of aromatic nitrogens is 1. The third-order valence-corrected chi connectivity index (χ3v) is 4.27. The lowest BCUT2D eigenvalue weighted by Gasteiger charge is -2.27. The van der Waals surface area contributed by atoms with Crippen LogP contribution in [0.25, 0.3) is 0 Å². The molecule has 0 bridgehead atoms. The zero-order valence-electron chi connectivity index (χ0n) is 15.4. The second-order valence-electron chi connectivity index (χ2n) is 7.57. The number of hydrogen-bond donors (Lipinski definition) is 2. The Labute approximate surface area is 149 Å². The molecule has 1 fully saturated rings. The van der Waals surface area contributed by atoms with Crippen molar-refractivity contribution in [1.29, 1.82) is 0 Å². The molecule has 1 aliphatic carbocycles. The molecule has 1 saturated carbocycles. The molecule has 25 heavy (non-hydrogen) atoms. The number of carbonyl (C=O) groups excluding carboxylic acids is 2. The molecule has 0 radical (unpaired) electrons. The first-order valence-corrected chi connectivity index (χ1v) is 9.01. The summed E-state index contributed by atoms with van der Waals surface area (Å²) in [4.78, 5) is 28.8. The Kier molecular flexibility index (Phi) is 6.79. The number of pyridine rings is 1. The van der Waals surface area contributed by atoms with Crippen LogP contribution in [0.1, 0.15) is 58.4 Å². The number of hydrogen-bond acceptors (Lipinski definition) is 4. The summed E-state index contributed by atoms with van der Waals surface area (Å²) in [5.74, 6) is -0.239. The minimum atomic E-state index is -0.548. The molecule has 0 aromatic carbocycles. The maximum atomic E-state index is 12.7. The number of rotatable bonds is 4. The van der Waals surface area contributed by atoms with Crippen LogP contribution in [-0.4, -0.2) is 28.6 Å². The number of nitrogens with one attached hydrogen (secondary N) is 2. The fraction of sp³-hybridized carbons (Fsp3) is 0.632. The highest BCUT2D eigenvalue weighted by atomic mass is 16.6. The first-order valence-electron chi connectivity index (χ1n) is 9.01. The van der Waals surface area contributed by atoms with E-state index in [0.29, 0.717) is 6.54 Å². The fourth-order valence-corrected chi connectivity index (χ4v) is 3.07. The van der Waals surface area contributed by atoms with Gasteiger partial charge in [-0.3, -0.25) is 9.78 Å². The number of carbonyl (C=O) groups is 2. The largest absolute Gasteiger partial charge is 0.444 e. The van der Waals surface area contributed by atoms with Gasteiger partial charge in [0.1, 0.15) is 5.60 Å². The summed E-state index contributed by atoms with van der Waals surface area (Å²) in [5, 5.41) is 5.90. The number of ether oxygens (including phenoxy) is 1. The first kappa shape index (κ1) is 19.2. The molecule has 1 aromatic heterocycles. The normalized spacial score (nSPS) is 21.1. The first-order chi connectivity index (χ1) is 11.8. The Morgan fingerprint density at radius 3 is 2.52 bits per heavy atom. The third kappa shape index (κ3) is 6.72. The van der Waals surface area contributed by atoms with Crippen LogP contribution in [0.2, 0.25) is 0 Å². The van der Waals surface area contributed by atoms with E-state index in [0.717, 1.165) is 37.7 Å². The second kappa shape index (κ2) is 8.83. The molecule has 2 atom stereocenters. The van der Waals surface area contributed by atoms with Crippen molar-refractivity contribution < 1.29 is 14.3 Å². The summed E-state index contributed by atoms with van der Waals surface area (Å²) in [6.45, 7) is 5.97. The van der Waals surface area contributed by atoms with E-state index in [2.05, 4.69) is 15.6 Å². The summed E-state index contributed by atoms with van der Waals surface area (Å²) in [7, 11) is 0. The van der Waals surface area contributed by atoms with Crippen molar-refractivity contribution in [3.63, 3.8) is 0 Å². The van der Waals surface area contributed by atoms with Crippen LogP contribution in [0, 0.1) is 5.92 Å². The monoisotopic (exact) mass is 347 g/mol. The molecule has 1 heterocycles. The number of nitrogens with zero attached hydrogens (tertiary/aromatic N) is 1. The lowest BCUT2D eigenvalue weighted by molar-refractivity contribution is -0.126. The average Bonchev–Trinajstić information content (AvgIpc) is 2.77. The molecule has 6 nitrogen and oxygen atoms in total. The third-order valence-electron chi connectivity index (χ3n) is 4.27. The molecule has 2 N–H and O–H groups in total. The van der Waals surface area contributed by atoms with Gasteiger partial charge in [-0.1, -0.05) is 19.3 Å². The Balaban J connectivity index is 1.96. The molecule has 1 aromatic rings. The fourth-order valence-electron chi connectivity index (χ4n) is 3.07. The standard InChI is InChI=1S/C19H29N3O3/c1-19(2,3)25-18(24)22-16-8-6-4-5-7-15(16)17(23)21-13-14-9-11-20-12-10-14/h9-12,15-16H,4-8,13H2,1-3H3,(H,21,23)(H,22,24). The number of alkyl carbamates (subject to hydrolysis) is 1. The van der Waals surface area contributed by atoms with E-state index in [1.807, 2.05) is 32.9 Å². The zero-order valence-corrected chi connectivity index (χ0v) is 15.4. The van der Waals surface area contributed by atoms with Gasteiger partial charge in [0.25, 0.3) is 0 Å². The van der Waals surface area contributed by atoms with E-state index in [1.54, 1.807) is 12.4 Å². The van der Waals surface area contributed by atoms with Gasteiger partial charge in [0, 0.05) is 25.0 Å². The molecule has 2 unspecified atom stereocenters. The van der Waals surface area contributed by atoms with Crippen LogP contribution < -0.4 is 10.6 Å². The zero-order chi connectivity index (χ0) is 18.3. The van der Waals surface area contributed by atoms with Crippen LogP contribution in [0.3, 0.4) is 0 Å². The minimum absolute atomic E-state index is 0.0141. The molecule has 0 spiro atoms. The highest BCUT2D eigenvalue weighted by molar-refractivity contribution is 5.80. The van der Waals surface area contributed by atoms with Crippen molar-refractivity contribution in [3.05, 3.63) is 30.1 Å². The lowest BCUT2D eigenvalue weighted by atomic mass is 9.93. The van der Waals surface area contributed by atoms with Gasteiger partial charge in [0.05, 0.1) is 5.92 Å². The van der Waals surface area contributed by atoms with E-state index in [4.69, 9.17) is 4.74 Å². The summed E-state index contributed by atoms with van der Waals surface area (Å²) >= 11 is 0. The van der Waals surface area contributed by atoms with Crippen molar-refractivity contribution >= 4 is 12.0 Å². The molecule has 0 saturated heterocycles. The lowest BCUT2D eigenvalue weighted by Crippen LogP contribution is -2.47. The van der Waals surface area contributed by atoms with Gasteiger partial charge in [0.2, 0.25) is 5.91 Å². The van der Waals surface area contributed by atoms with Gasteiger partial charge in [-0.15, -0.1) is 0 Å². The van der Waals surface area contributed by atoms with E-state index < -0.39 is 11.7 Å².